The van der Waals surface area contributed by atoms with E-state index in [0.29, 0.717) is 18.7 Å². The maximum Gasteiger partial charge on any atom is 0.254 e. The molecular weight excluding hydrogens is 362 g/mol. The second kappa shape index (κ2) is 7.39. The number of fused-ring (bicyclic) bond motifs is 1. The molecule has 0 atom stereocenters. The van der Waals surface area contributed by atoms with Crippen LogP contribution in [0.25, 0.3) is 16.9 Å². The molecule has 4 aromatic rings. The van der Waals surface area contributed by atoms with Crippen molar-refractivity contribution in [3.8, 4) is 5.69 Å². The Bertz CT molecular complexity index is 1150. The first-order chi connectivity index (χ1) is 14.3. The summed E-state index contributed by atoms with van der Waals surface area (Å²) in [5, 5.41) is 0. The molecule has 0 unspecified atom stereocenters. The second-order valence-corrected chi connectivity index (χ2v) is 7.13. The summed E-state index contributed by atoms with van der Waals surface area (Å²) in [6.45, 7) is 3.11. The van der Waals surface area contributed by atoms with E-state index in [0.717, 1.165) is 29.9 Å². The number of carbonyl (C=O) groups is 1. The Balaban J connectivity index is 1.34. The highest BCUT2D eigenvalue weighted by molar-refractivity contribution is 5.95. The molecule has 0 N–H and O–H groups in total. The quantitative estimate of drug-likeness (QED) is 0.544. The van der Waals surface area contributed by atoms with Gasteiger partial charge in [0.25, 0.3) is 5.91 Å². The third kappa shape index (κ3) is 3.33. The highest BCUT2D eigenvalue weighted by Gasteiger charge is 2.22. The largest absolute Gasteiger partial charge is 0.368 e. The number of anilines is 1. The van der Waals surface area contributed by atoms with Gasteiger partial charge >= 0.3 is 0 Å². The van der Waals surface area contributed by atoms with Gasteiger partial charge in [0.2, 0.25) is 0 Å². The third-order valence-corrected chi connectivity index (χ3v) is 5.37. The van der Waals surface area contributed by atoms with Gasteiger partial charge in [0, 0.05) is 49.3 Å². The molecule has 1 aliphatic heterocycles. The van der Waals surface area contributed by atoms with Gasteiger partial charge in [0.05, 0.1) is 0 Å². The first kappa shape index (κ1) is 17.4. The molecule has 144 valence electrons. The van der Waals surface area contributed by atoms with E-state index in [1.807, 2.05) is 64.1 Å². The van der Waals surface area contributed by atoms with Gasteiger partial charge in [-0.1, -0.05) is 24.3 Å². The molecule has 0 saturated carbocycles. The number of benzene rings is 2. The van der Waals surface area contributed by atoms with Crippen molar-refractivity contribution in [1.29, 1.82) is 0 Å². The van der Waals surface area contributed by atoms with E-state index in [1.165, 1.54) is 5.69 Å². The molecule has 1 fully saturated rings. The number of imidazole rings is 1. The fourth-order valence-electron chi connectivity index (χ4n) is 3.82. The van der Waals surface area contributed by atoms with Crippen LogP contribution >= 0.6 is 0 Å². The fraction of sp³-hybridized carbons (Fsp3) is 0.174. The van der Waals surface area contributed by atoms with Crippen molar-refractivity contribution < 1.29 is 4.79 Å². The van der Waals surface area contributed by atoms with Crippen molar-refractivity contribution in [2.24, 2.45) is 0 Å². The Morgan fingerprint density at radius 2 is 1.59 bits per heavy atom. The van der Waals surface area contributed by atoms with Gasteiger partial charge in [0.15, 0.2) is 5.65 Å². The number of aromatic nitrogens is 3. The van der Waals surface area contributed by atoms with Crippen LogP contribution in [0, 0.1) is 0 Å². The first-order valence-electron chi connectivity index (χ1n) is 9.77. The Morgan fingerprint density at radius 3 is 2.41 bits per heavy atom. The molecule has 2 aromatic heterocycles. The van der Waals surface area contributed by atoms with Crippen LogP contribution < -0.4 is 4.90 Å². The molecule has 6 nitrogen and oxygen atoms in total. The molecule has 2 aromatic carbocycles. The van der Waals surface area contributed by atoms with Crippen molar-refractivity contribution in [2.75, 3.05) is 31.1 Å². The lowest BCUT2D eigenvalue weighted by molar-refractivity contribution is 0.0747. The number of carbonyl (C=O) groups excluding carboxylic acids is 1. The Morgan fingerprint density at radius 1 is 0.793 bits per heavy atom. The summed E-state index contributed by atoms with van der Waals surface area (Å²) in [6, 6.07) is 21.8. The minimum absolute atomic E-state index is 0.0666. The van der Waals surface area contributed by atoms with Crippen LogP contribution in [0.4, 0.5) is 5.69 Å². The van der Waals surface area contributed by atoms with Gasteiger partial charge in [-0.05, 0) is 42.5 Å². The number of hydrogen-bond acceptors (Lipinski definition) is 4. The minimum atomic E-state index is 0.0666. The number of rotatable bonds is 3. The average molecular weight is 383 g/mol. The number of nitrogens with zero attached hydrogens (tertiary/aromatic N) is 5. The summed E-state index contributed by atoms with van der Waals surface area (Å²) in [7, 11) is 0. The SMILES string of the molecule is O=C(c1cccc(-n2cnc3cccnc32)c1)N1CCN(c2ccccc2)CC1. The number of amides is 1. The summed E-state index contributed by atoms with van der Waals surface area (Å²) < 4.78 is 1.92. The number of hydrogen-bond donors (Lipinski definition) is 0. The van der Waals surface area contributed by atoms with Crippen LogP contribution in [0.1, 0.15) is 10.4 Å². The fourth-order valence-corrected chi connectivity index (χ4v) is 3.82. The third-order valence-electron chi connectivity index (χ3n) is 5.37. The molecule has 29 heavy (non-hydrogen) atoms. The zero-order chi connectivity index (χ0) is 19.6. The van der Waals surface area contributed by atoms with Crippen molar-refractivity contribution in [1.82, 2.24) is 19.4 Å². The first-order valence-corrected chi connectivity index (χ1v) is 9.77. The van der Waals surface area contributed by atoms with Gasteiger partial charge in [0.1, 0.15) is 11.8 Å². The van der Waals surface area contributed by atoms with Crippen LogP contribution in [0.5, 0.6) is 0 Å². The van der Waals surface area contributed by atoms with Crippen LogP contribution in [0.2, 0.25) is 0 Å². The van der Waals surface area contributed by atoms with E-state index in [-0.39, 0.29) is 5.91 Å². The Labute approximate surface area is 169 Å². The molecule has 0 spiro atoms. The predicted octanol–water partition coefficient (Wildman–Crippen LogP) is 3.38. The highest BCUT2D eigenvalue weighted by Crippen LogP contribution is 2.20. The van der Waals surface area contributed by atoms with Crippen LogP contribution in [-0.2, 0) is 0 Å². The van der Waals surface area contributed by atoms with E-state index in [9.17, 15) is 4.79 Å². The molecule has 1 aliphatic rings. The van der Waals surface area contributed by atoms with Crippen molar-refractivity contribution in [3.05, 3.63) is 84.8 Å². The monoisotopic (exact) mass is 383 g/mol. The molecule has 5 rings (SSSR count). The van der Waals surface area contributed by atoms with E-state index in [4.69, 9.17) is 0 Å². The number of para-hydroxylation sites is 1. The molecule has 0 bridgehead atoms. The van der Waals surface area contributed by atoms with E-state index >= 15 is 0 Å². The Hall–Kier alpha value is -3.67. The molecule has 3 heterocycles. The van der Waals surface area contributed by atoms with Gasteiger partial charge in [-0.3, -0.25) is 9.36 Å². The van der Waals surface area contributed by atoms with Crippen molar-refractivity contribution in [2.45, 2.75) is 0 Å². The number of piperazine rings is 1. The van der Waals surface area contributed by atoms with E-state index in [2.05, 4.69) is 27.0 Å². The molecule has 1 amide bonds. The van der Waals surface area contributed by atoms with Gasteiger partial charge in [-0.2, -0.15) is 0 Å². The highest BCUT2D eigenvalue weighted by atomic mass is 16.2. The van der Waals surface area contributed by atoms with Gasteiger partial charge in [-0.15, -0.1) is 0 Å². The topological polar surface area (TPSA) is 54.3 Å². The predicted molar refractivity (Wildman–Crippen MR) is 113 cm³/mol. The molecule has 1 saturated heterocycles. The standard InChI is InChI=1S/C23H21N5O/c29-23(27-14-12-26(13-15-27)19-7-2-1-3-8-19)18-6-4-9-20(16-18)28-17-25-21-10-5-11-24-22(21)28/h1-11,16-17H,12-15H2. The van der Waals surface area contributed by atoms with Crippen molar-refractivity contribution in [3.63, 3.8) is 0 Å². The lowest BCUT2D eigenvalue weighted by atomic mass is 10.1. The maximum absolute atomic E-state index is 13.1. The van der Waals surface area contributed by atoms with Crippen molar-refractivity contribution >= 4 is 22.8 Å². The zero-order valence-corrected chi connectivity index (χ0v) is 16.0. The van der Waals surface area contributed by atoms with Crippen LogP contribution in [0.15, 0.2) is 79.3 Å². The summed E-state index contributed by atoms with van der Waals surface area (Å²) >= 11 is 0. The second-order valence-electron chi connectivity index (χ2n) is 7.13. The normalized spacial score (nSPS) is 14.3. The molecule has 6 heteroatoms. The average Bonchev–Trinajstić information content (AvgIpc) is 3.24. The van der Waals surface area contributed by atoms with E-state index < -0.39 is 0 Å². The zero-order valence-electron chi connectivity index (χ0n) is 16.0. The molecule has 0 radical (unpaired) electrons. The maximum atomic E-state index is 13.1. The van der Waals surface area contributed by atoms with Crippen LogP contribution in [-0.4, -0.2) is 51.5 Å². The summed E-state index contributed by atoms with van der Waals surface area (Å²) in [6.07, 6.45) is 3.50. The van der Waals surface area contributed by atoms with Crippen LogP contribution in [0.3, 0.4) is 0 Å². The number of pyridine rings is 1. The van der Waals surface area contributed by atoms with E-state index in [1.54, 1.807) is 12.5 Å². The molecule has 0 aliphatic carbocycles. The smallest absolute Gasteiger partial charge is 0.254 e. The van der Waals surface area contributed by atoms with Gasteiger partial charge < -0.3 is 9.80 Å². The summed E-state index contributed by atoms with van der Waals surface area (Å²) in [4.78, 5) is 26.2. The Kier molecular flexibility index (Phi) is 4.44. The summed E-state index contributed by atoms with van der Waals surface area (Å²) in [5.41, 5.74) is 4.41. The summed E-state index contributed by atoms with van der Waals surface area (Å²) in [5.74, 6) is 0.0666. The lowest BCUT2D eigenvalue weighted by Crippen LogP contribution is -2.48. The lowest BCUT2D eigenvalue weighted by Gasteiger charge is -2.36. The van der Waals surface area contributed by atoms with Gasteiger partial charge in [-0.25, -0.2) is 9.97 Å². The molecular formula is C23H21N5O. The minimum Gasteiger partial charge on any atom is -0.368 e.